The van der Waals surface area contributed by atoms with E-state index in [1.165, 1.54) is 0 Å². The van der Waals surface area contributed by atoms with Gasteiger partial charge in [0.2, 0.25) is 0 Å². The van der Waals surface area contributed by atoms with Gasteiger partial charge in [0, 0.05) is 5.30 Å². The highest BCUT2D eigenvalue weighted by Crippen LogP contribution is 2.39. The van der Waals surface area contributed by atoms with Gasteiger partial charge in [-0.15, -0.1) is 0 Å². The van der Waals surface area contributed by atoms with Crippen LogP contribution in [0.2, 0.25) is 0 Å². The third kappa shape index (κ3) is 3.78. The van der Waals surface area contributed by atoms with E-state index >= 15 is 0 Å². The van der Waals surface area contributed by atoms with E-state index in [-0.39, 0.29) is 0 Å². The van der Waals surface area contributed by atoms with Crippen molar-refractivity contribution < 1.29 is 4.89 Å². The molecule has 1 atom stereocenters. The van der Waals surface area contributed by atoms with Crippen LogP contribution < -0.4 is 10.8 Å². The Bertz CT molecular complexity index is 849. The molecule has 3 N–H and O–H groups in total. The molecule has 0 spiro atoms. The third-order valence-corrected chi connectivity index (χ3v) is 5.11. The summed E-state index contributed by atoms with van der Waals surface area (Å²) in [5.74, 6) is 0. The SMILES string of the molecule is C=Cc1c(C=C)c(P(N)O)c2c(c1-c1ccccc1)C=CCC=C2.CC. The largest absolute Gasteiger partial charge is 0.356 e. The summed E-state index contributed by atoms with van der Waals surface area (Å²) in [4.78, 5) is 10.3. The normalized spacial score (nSPS) is 13.1. The van der Waals surface area contributed by atoms with Crippen LogP contribution in [-0.4, -0.2) is 4.89 Å². The number of benzene rings is 2. The average molecular weight is 363 g/mol. The van der Waals surface area contributed by atoms with Crippen molar-refractivity contribution in [1.29, 1.82) is 0 Å². The van der Waals surface area contributed by atoms with Gasteiger partial charge in [-0.3, -0.25) is 5.50 Å². The Hall–Kier alpha value is -2.25. The minimum Gasteiger partial charge on any atom is -0.356 e. The quantitative estimate of drug-likeness (QED) is 0.656. The van der Waals surface area contributed by atoms with Gasteiger partial charge in [0.05, 0.1) is 0 Å². The van der Waals surface area contributed by atoms with Crippen molar-refractivity contribution >= 4 is 37.9 Å². The summed E-state index contributed by atoms with van der Waals surface area (Å²) in [5, 5.41) is 0.757. The first-order chi connectivity index (χ1) is 12.7. The monoisotopic (exact) mass is 363 g/mol. The molecule has 1 aliphatic carbocycles. The molecule has 2 aromatic carbocycles. The van der Waals surface area contributed by atoms with Crippen molar-refractivity contribution in [3.63, 3.8) is 0 Å². The molecule has 0 saturated carbocycles. The number of hydrogen-bond donors (Lipinski definition) is 2. The van der Waals surface area contributed by atoms with Gasteiger partial charge in [-0.2, -0.15) is 0 Å². The number of allylic oxidation sites excluding steroid dienone is 2. The van der Waals surface area contributed by atoms with Gasteiger partial charge in [0.1, 0.15) is 8.30 Å². The molecule has 0 saturated heterocycles. The van der Waals surface area contributed by atoms with E-state index in [1.54, 1.807) is 6.08 Å². The Balaban J connectivity index is 0.00000117. The smallest absolute Gasteiger partial charge is 0.130 e. The van der Waals surface area contributed by atoms with Gasteiger partial charge in [0.15, 0.2) is 0 Å². The molecule has 0 radical (unpaired) electrons. The zero-order chi connectivity index (χ0) is 19.1. The molecule has 3 heteroatoms. The van der Waals surface area contributed by atoms with Gasteiger partial charge < -0.3 is 4.89 Å². The lowest BCUT2D eigenvalue weighted by Crippen LogP contribution is -2.18. The van der Waals surface area contributed by atoms with Crippen molar-refractivity contribution in [3.05, 3.63) is 77.9 Å². The summed E-state index contributed by atoms with van der Waals surface area (Å²) in [6, 6.07) is 10.2. The van der Waals surface area contributed by atoms with Crippen molar-refractivity contribution in [2.45, 2.75) is 20.3 Å². The summed E-state index contributed by atoms with van der Waals surface area (Å²) in [6.45, 7) is 11.9. The lowest BCUT2D eigenvalue weighted by Gasteiger charge is -2.22. The maximum absolute atomic E-state index is 10.3. The fourth-order valence-corrected chi connectivity index (χ4v) is 4.09. The molecular formula is C23H26NOP. The lowest BCUT2D eigenvalue weighted by atomic mass is 9.87. The van der Waals surface area contributed by atoms with E-state index in [2.05, 4.69) is 49.6 Å². The first-order valence-corrected chi connectivity index (χ1v) is 10.2. The minimum atomic E-state index is -1.76. The fourth-order valence-electron chi connectivity index (χ4n) is 3.19. The van der Waals surface area contributed by atoms with E-state index in [4.69, 9.17) is 5.50 Å². The molecule has 2 nitrogen and oxygen atoms in total. The molecule has 0 fully saturated rings. The maximum Gasteiger partial charge on any atom is 0.130 e. The van der Waals surface area contributed by atoms with Crippen LogP contribution >= 0.6 is 8.30 Å². The molecule has 0 heterocycles. The van der Waals surface area contributed by atoms with Crippen molar-refractivity contribution in [2.24, 2.45) is 5.50 Å². The lowest BCUT2D eigenvalue weighted by molar-refractivity contribution is 0.636. The number of rotatable bonds is 4. The topological polar surface area (TPSA) is 46.2 Å². The van der Waals surface area contributed by atoms with Crippen LogP contribution in [0.1, 0.15) is 42.5 Å². The second-order valence-electron chi connectivity index (χ2n) is 5.54. The van der Waals surface area contributed by atoms with Crippen LogP contribution in [0.3, 0.4) is 0 Å². The minimum absolute atomic E-state index is 0.757. The van der Waals surface area contributed by atoms with E-state index in [0.717, 1.165) is 45.1 Å². The second kappa shape index (κ2) is 9.45. The van der Waals surface area contributed by atoms with Crippen molar-refractivity contribution in [2.75, 3.05) is 0 Å². The molecule has 0 aliphatic heterocycles. The van der Waals surface area contributed by atoms with Crippen LogP contribution in [0.5, 0.6) is 0 Å². The molecular weight excluding hydrogens is 337 g/mol. The van der Waals surface area contributed by atoms with E-state index in [1.807, 2.05) is 38.1 Å². The summed E-state index contributed by atoms with van der Waals surface area (Å²) < 4.78 is 0. The highest BCUT2D eigenvalue weighted by molar-refractivity contribution is 7.57. The second-order valence-corrected chi connectivity index (χ2v) is 6.67. The van der Waals surface area contributed by atoms with Gasteiger partial charge in [-0.25, -0.2) is 0 Å². The third-order valence-electron chi connectivity index (χ3n) is 4.17. The van der Waals surface area contributed by atoms with E-state index in [9.17, 15) is 4.89 Å². The number of fused-ring (bicyclic) bond motifs is 1. The van der Waals surface area contributed by atoms with Gasteiger partial charge in [0.25, 0.3) is 0 Å². The Morgan fingerprint density at radius 2 is 1.54 bits per heavy atom. The molecule has 0 aromatic heterocycles. The summed E-state index contributed by atoms with van der Waals surface area (Å²) in [6.07, 6.45) is 12.8. The first-order valence-electron chi connectivity index (χ1n) is 8.80. The van der Waals surface area contributed by atoms with Crippen molar-refractivity contribution in [3.8, 4) is 11.1 Å². The highest BCUT2D eigenvalue weighted by Gasteiger charge is 2.23. The molecule has 1 aliphatic rings. The maximum atomic E-state index is 10.3. The Labute approximate surface area is 158 Å². The Kier molecular flexibility index (Phi) is 7.29. The Morgan fingerprint density at radius 3 is 2.08 bits per heavy atom. The highest BCUT2D eigenvalue weighted by atomic mass is 31.2. The molecule has 2 aromatic rings. The number of hydrogen-bond acceptors (Lipinski definition) is 2. The molecule has 1 unspecified atom stereocenters. The molecule has 134 valence electrons. The van der Waals surface area contributed by atoms with Crippen LogP contribution in [0.15, 0.2) is 55.6 Å². The number of nitrogens with two attached hydrogens (primary N) is 1. The molecule has 0 amide bonds. The standard InChI is InChI=1S/C21H20NOP.C2H6/c1-3-16-17(4-2)21(24(22)23)19-14-10-6-9-13-18(19)20(16)15-11-7-5-8-12-15;1-2/h3-5,7-14,23H,1-2,6,22H2;1-2H3. The van der Waals surface area contributed by atoms with Crippen molar-refractivity contribution in [1.82, 2.24) is 0 Å². The molecule has 0 bridgehead atoms. The van der Waals surface area contributed by atoms with Crippen LogP contribution in [0, 0.1) is 0 Å². The Morgan fingerprint density at radius 1 is 0.962 bits per heavy atom. The average Bonchev–Trinajstić information content (AvgIpc) is 2.93. The summed E-state index contributed by atoms with van der Waals surface area (Å²) in [7, 11) is -1.76. The fraction of sp³-hybridized carbons (Fsp3) is 0.130. The predicted molar refractivity (Wildman–Crippen MR) is 119 cm³/mol. The van der Waals surface area contributed by atoms with Gasteiger partial charge in [-0.05, 0) is 39.8 Å². The molecule has 3 rings (SSSR count). The van der Waals surface area contributed by atoms with Gasteiger partial charge >= 0.3 is 0 Å². The van der Waals surface area contributed by atoms with Crippen LogP contribution in [0.25, 0.3) is 35.4 Å². The zero-order valence-electron chi connectivity index (χ0n) is 15.4. The zero-order valence-corrected chi connectivity index (χ0v) is 16.3. The summed E-state index contributed by atoms with van der Waals surface area (Å²) in [5.41, 5.74) is 12.0. The molecule has 26 heavy (non-hydrogen) atoms. The summed E-state index contributed by atoms with van der Waals surface area (Å²) >= 11 is 0. The van der Waals surface area contributed by atoms with E-state index in [0.29, 0.717) is 0 Å². The first kappa shape index (κ1) is 20.1. The van der Waals surface area contributed by atoms with Gasteiger partial charge in [-0.1, -0.05) is 93.8 Å². The van der Waals surface area contributed by atoms with Crippen LogP contribution in [0.4, 0.5) is 0 Å². The van der Waals surface area contributed by atoms with E-state index < -0.39 is 8.30 Å². The predicted octanol–water partition coefficient (Wildman–Crippen LogP) is 5.98. The van der Waals surface area contributed by atoms with Crippen LogP contribution in [-0.2, 0) is 0 Å².